The third kappa shape index (κ3) is 11.9. The van der Waals surface area contributed by atoms with Crippen LogP contribution in [-0.2, 0) is 12.8 Å². The van der Waals surface area contributed by atoms with Crippen molar-refractivity contribution >= 4 is 11.4 Å². The van der Waals surface area contributed by atoms with Crippen LogP contribution in [0.4, 0.5) is 11.4 Å². The van der Waals surface area contributed by atoms with Gasteiger partial charge in [0, 0.05) is 23.2 Å². The van der Waals surface area contributed by atoms with Gasteiger partial charge in [0.15, 0.2) is 0 Å². The van der Waals surface area contributed by atoms with Crippen LogP contribution in [0.5, 0.6) is 0 Å². The van der Waals surface area contributed by atoms with Crippen LogP contribution < -0.4 is 11.5 Å². The first-order valence-electron chi connectivity index (χ1n) is 18.9. The molecule has 0 fully saturated rings. The monoisotopic (exact) mass is 630 g/mol. The molecule has 2 nitrogen and oxygen atoms in total. The smallest absolute Gasteiger partial charge is 0.0314 e. The molecule has 0 saturated heterocycles. The summed E-state index contributed by atoms with van der Waals surface area (Å²) in [5.41, 5.74) is 22.2. The molecule has 0 aliphatic heterocycles. The molecule has 47 heavy (non-hydrogen) atoms. The van der Waals surface area contributed by atoms with Crippen molar-refractivity contribution in [2.75, 3.05) is 11.5 Å². The third-order valence-corrected chi connectivity index (χ3v) is 10.1. The highest BCUT2D eigenvalue weighted by molar-refractivity contribution is 5.44. The summed E-state index contributed by atoms with van der Waals surface area (Å²) in [5.74, 6) is 1.51. The number of hydrogen-bond acceptors (Lipinski definition) is 2. The van der Waals surface area contributed by atoms with Gasteiger partial charge < -0.3 is 11.5 Å². The summed E-state index contributed by atoms with van der Waals surface area (Å²) in [7, 11) is 0. The lowest BCUT2D eigenvalue weighted by atomic mass is 9.84. The van der Waals surface area contributed by atoms with Crippen molar-refractivity contribution in [1.82, 2.24) is 0 Å². The predicted molar refractivity (Wildman–Crippen MR) is 206 cm³/mol. The highest BCUT2D eigenvalue weighted by Crippen LogP contribution is 2.33. The quantitative estimate of drug-likeness (QED) is 0.0711. The number of rotatable bonds is 21. The second kappa shape index (κ2) is 20.0. The Morgan fingerprint density at radius 1 is 0.383 bits per heavy atom. The maximum absolute atomic E-state index is 6.01. The molecule has 0 aromatic heterocycles. The van der Waals surface area contributed by atoms with Gasteiger partial charge in [-0.05, 0) is 95.7 Å². The molecule has 4 aromatic carbocycles. The van der Waals surface area contributed by atoms with Gasteiger partial charge in [-0.2, -0.15) is 0 Å². The van der Waals surface area contributed by atoms with E-state index in [2.05, 4.69) is 93.6 Å². The molecule has 0 aliphatic rings. The highest BCUT2D eigenvalue weighted by Gasteiger charge is 2.17. The topological polar surface area (TPSA) is 52.0 Å². The summed E-state index contributed by atoms with van der Waals surface area (Å²) >= 11 is 0. The second-order valence-electron chi connectivity index (χ2n) is 14.0. The fourth-order valence-electron chi connectivity index (χ4n) is 7.25. The van der Waals surface area contributed by atoms with Crippen molar-refractivity contribution in [3.63, 3.8) is 0 Å². The van der Waals surface area contributed by atoms with Gasteiger partial charge in [-0.25, -0.2) is 0 Å². The molecule has 4 rings (SSSR count). The summed E-state index contributed by atoms with van der Waals surface area (Å²) in [6.07, 6.45) is 18.9. The van der Waals surface area contributed by atoms with Gasteiger partial charge in [0.2, 0.25) is 0 Å². The van der Waals surface area contributed by atoms with E-state index in [0.717, 1.165) is 24.2 Å². The molecule has 0 saturated carbocycles. The van der Waals surface area contributed by atoms with Crippen molar-refractivity contribution in [3.05, 3.63) is 130 Å². The normalized spacial score (nSPS) is 13.3. The molecule has 0 aliphatic carbocycles. The number of anilines is 2. The van der Waals surface area contributed by atoms with Crippen LogP contribution in [0.2, 0.25) is 0 Å². The van der Waals surface area contributed by atoms with Crippen molar-refractivity contribution in [2.45, 2.75) is 129 Å². The lowest BCUT2D eigenvalue weighted by Gasteiger charge is -2.21. The predicted octanol–water partition coefficient (Wildman–Crippen LogP) is 12.6. The molecular formula is C45H62N2. The Morgan fingerprint density at radius 2 is 0.723 bits per heavy atom. The Balaban J connectivity index is 1.47. The Bertz CT molecular complexity index is 1280. The van der Waals surface area contributed by atoms with Crippen LogP contribution in [0.25, 0.3) is 0 Å². The van der Waals surface area contributed by atoms with Gasteiger partial charge in [0.05, 0.1) is 0 Å². The molecule has 0 heterocycles. The molecule has 0 spiro atoms. The molecule has 4 N–H and O–H groups in total. The average Bonchev–Trinajstić information content (AvgIpc) is 3.09. The van der Waals surface area contributed by atoms with E-state index in [0.29, 0.717) is 17.8 Å². The summed E-state index contributed by atoms with van der Waals surface area (Å²) < 4.78 is 0. The average molecular weight is 631 g/mol. The Hall–Kier alpha value is -3.52. The van der Waals surface area contributed by atoms with Gasteiger partial charge >= 0.3 is 0 Å². The molecule has 252 valence electrons. The van der Waals surface area contributed by atoms with Crippen molar-refractivity contribution in [3.8, 4) is 0 Å². The minimum Gasteiger partial charge on any atom is -0.399 e. The van der Waals surface area contributed by atoms with Crippen LogP contribution in [0.3, 0.4) is 0 Å². The van der Waals surface area contributed by atoms with E-state index in [-0.39, 0.29) is 0 Å². The molecule has 4 aromatic rings. The van der Waals surface area contributed by atoms with E-state index in [4.69, 9.17) is 11.5 Å². The summed E-state index contributed by atoms with van der Waals surface area (Å²) in [6.45, 7) is 6.87. The standard InChI is InChI=1S/C45H62N2/c1-4-7-10-11-12-13-14-37(33-35-17-21-38(22-18-35)44(15-8-5-2)40-25-29-42(46)30-26-40)34-36-19-23-39(24-20-36)45(16-9-6-3)41-27-31-43(47)32-28-41/h17-32,37,44-45H,4-16,33-34,46-47H2,1-3H3. The first-order valence-corrected chi connectivity index (χ1v) is 18.9. The van der Waals surface area contributed by atoms with Crippen LogP contribution >= 0.6 is 0 Å². The summed E-state index contributed by atoms with van der Waals surface area (Å²) in [5, 5.41) is 0. The Labute approximate surface area is 287 Å². The van der Waals surface area contributed by atoms with Crippen molar-refractivity contribution in [2.24, 2.45) is 5.92 Å². The summed E-state index contributed by atoms with van der Waals surface area (Å²) in [4.78, 5) is 0. The SMILES string of the molecule is CCCCCCCCC(Cc1ccc(C(CCCC)c2ccc(N)cc2)cc1)Cc1ccc(C(CCCC)c2ccc(N)cc2)cc1. The van der Waals surface area contributed by atoms with Gasteiger partial charge in [-0.1, -0.05) is 158 Å². The molecule has 0 bridgehead atoms. The van der Waals surface area contributed by atoms with Crippen LogP contribution in [0.1, 0.15) is 149 Å². The lowest BCUT2D eigenvalue weighted by Crippen LogP contribution is -2.10. The zero-order valence-corrected chi connectivity index (χ0v) is 29.7. The number of nitrogen functional groups attached to an aromatic ring is 2. The Kier molecular flexibility index (Phi) is 15.4. The minimum absolute atomic E-state index is 0.427. The second-order valence-corrected chi connectivity index (χ2v) is 14.0. The number of nitrogens with two attached hydrogens (primary N) is 2. The van der Waals surface area contributed by atoms with Crippen LogP contribution in [0, 0.1) is 5.92 Å². The number of hydrogen-bond donors (Lipinski definition) is 2. The molecule has 0 amide bonds. The molecule has 0 radical (unpaired) electrons. The van der Waals surface area contributed by atoms with Crippen LogP contribution in [0.15, 0.2) is 97.1 Å². The first kappa shape index (κ1) is 36.3. The zero-order valence-electron chi connectivity index (χ0n) is 29.7. The van der Waals surface area contributed by atoms with Crippen LogP contribution in [-0.4, -0.2) is 0 Å². The van der Waals surface area contributed by atoms with E-state index in [1.807, 2.05) is 24.3 Å². The molecular weight excluding hydrogens is 569 g/mol. The number of benzene rings is 4. The fourth-order valence-corrected chi connectivity index (χ4v) is 7.25. The van der Waals surface area contributed by atoms with E-state index in [1.165, 1.54) is 117 Å². The molecule has 2 atom stereocenters. The fraction of sp³-hybridized carbons (Fsp3) is 0.467. The third-order valence-electron chi connectivity index (χ3n) is 10.1. The molecule has 2 heteroatoms. The maximum atomic E-state index is 6.01. The van der Waals surface area contributed by atoms with Gasteiger partial charge in [-0.3, -0.25) is 0 Å². The van der Waals surface area contributed by atoms with Crippen molar-refractivity contribution < 1.29 is 0 Å². The van der Waals surface area contributed by atoms with E-state index < -0.39 is 0 Å². The first-order chi connectivity index (χ1) is 23.0. The van der Waals surface area contributed by atoms with E-state index >= 15 is 0 Å². The number of unbranched alkanes of at least 4 members (excludes halogenated alkanes) is 7. The minimum atomic E-state index is 0.427. The van der Waals surface area contributed by atoms with E-state index in [9.17, 15) is 0 Å². The van der Waals surface area contributed by atoms with Gasteiger partial charge in [0.1, 0.15) is 0 Å². The molecule has 2 unspecified atom stereocenters. The zero-order chi connectivity index (χ0) is 33.3. The highest BCUT2D eigenvalue weighted by atomic mass is 14.5. The van der Waals surface area contributed by atoms with E-state index in [1.54, 1.807) is 0 Å². The lowest BCUT2D eigenvalue weighted by molar-refractivity contribution is 0.445. The summed E-state index contributed by atoms with van der Waals surface area (Å²) in [6, 6.07) is 36.3. The van der Waals surface area contributed by atoms with Gasteiger partial charge in [-0.15, -0.1) is 0 Å². The Morgan fingerprint density at radius 3 is 1.11 bits per heavy atom. The van der Waals surface area contributed by atoms with Gasteiger partial charge in [0.25, 0.3) is 0 Å². The maximum Gasteiger partial charge on any atom is 0.0314 e. The largest absolute Gasteiger partial charge is 0.399 e. The van der Waals surface area contributed by atoms with Crippen molar-refractivity contribution in [1.29, 1.82) is 0 Å².